The molecule has 6 heterocycles. The summed E-state index contributed by atoms with van der Waals surface area (Å²) in [6, 6.07) is 40.0. The van der Waals surface area contributed by atoms with Crippen LogP contribution in [0.1, 0.15) is 36.8 Å². The predicted octanol–water partition coefficient (Wildman–Crippen LogP) is 14.7. The largest absolute Gasteiger partial charge is 0.478 e. The number of hydrogen-bond donors (Lipinski definition) is 6. The standard InChI is InChI=1S/C16H12N4.C11H7BrFNO.C11H8BrN3.C9H9BrFNO.C7H4BrFO2/c1-3-12(10-17-7-1)11-5-6-14-13(9-11)16(20-19-14)15-4-2-8-18-15;12-7-3-4-9(13)8(6-7)11(15)10-2-1-5-14-10;12-7-3-4-9-8(6-7)11(15-14-9)10-2-1-5-13-10;1-12(2)9(13)7-5-6(10)3-4-8(7)11;8-4-1-2-6(9)5(3-4)7(10)11/h1-10,18H,(H,19,20);1-6,14H;1-6,13H,(H,14,15);3-5H,1-2H3;1-3H,(H,10,11). The number of halogens is 7. The molecule has 374 valence electrons. The van der Waals surface area contributed by atoms with Crippen molar-refractivity contribution in [3.05, 3.63) is 228 Å². The van der Waals surface area contributed by atoms with Gasteiger partial charge in [-0.15, -0.1) is 0 Å². The van der Waals surface area contributed by atoms with Gasteiger partial charge < -0.3 is 25.0 Å². The molecule has 11 rings (SSSR count). The van der Waals surface area contributed by atoms with Gasteiger partial charge in [-0.1, -0.05) is 75.9 Å². The minimum Gasteiger partial charge on any atom is -0.478 e. The number of nitrogens with zero attached hydrogens (tertiary/aromatic N) is 4. The Kier molecular flexibility index (Phi) is 18.5. The maximum absolute atomic E-state index is 13.4. The molecule has 74 heavy (non-hydrogen) atoms. The fourth-order valence-corrected chi connectivity index (χ4v) is 8.38. The molecule has 0 radical (unpaired) electrons. The maximum Gasteiger partial charge on any atom is 0.338 e. The number of nitrogens with one attached hydrogen (secondary N) is 5. The van der Waals surface area contributed by atoms with Crippen LogP contribution < -0.4 is 0 Å². The van der Waals surface area contributed by atoms with Crippen LogP contribution >= 0.6 is 63.7 Å². The van der Waals surface area contributed by atoms with Crippen molar-refractivity contribution in [3.63, 3.8) is 0 Å². The van der Waals surface area contributed by atoms with Crippen molar-refractivity contribution in [3.8, 4) is 33.9 Å². The van der Waals surface area contributed by atoms with Crippen molar-refractivity contribution in [2.24, 2.45) is 0 Å². The van der Waals surface area contributed by atoms with E-state index in [0.29, 0.717) is 19.1 Å². The van der Waals surface area contributed by atoms with Gasteiger partial charge in [0.05, 0.1) is 44.8 Å². The first-order valence-corrected chi connectivity index (χ1v) is 25.0. The summed E-state index contributed by atoms with van der Waals surface area (Å²) in [4.78, 5) is 48.1. The van der Waals surface area contributed by atoms with Gasteiger partial charge in [0.15, 0.2) is 0 Å². The SMILES string of the molecule is Brc1ccc2[nH]nc(-c3ccc[nH]3)c2c1.CN(C)C(=O)c1cc(Br)ccc1F.O=C(O)c1cc(Br)ccc1F.O=C(c1ccc[nH]1)c1cc(Br)ccc1F.c1cncc(-c2ccc3[nH]nc(-c4ccc[nH]4)c3c2)c1. The Bertz CT molecular complexity index is 3660. The van der Waals surface area contributed by atoms with E-state index in [0.717, 1.165) is 66.2 Å². The molecule has 13 nitrogen and oxygen atoms in total. The van der Waals surface area contributed by atoms with Crippen LogP contribution in [0.25, 0.3) is 55.7 Å². The van der Waals surface area contributed by atoms with Crippen molar-refractivity contribution in [1.82, 2.24) is 45.2 Å². The summed E-state index contributed by atoms with van der Waals surface area (Å²) >= 11 is 12.9. The molecule has 0 unspecified atom stereocenters. The van der Waals surface area contributed by atoms with E-state index in [1.807, 2.05) is 61.1 Å². The second kappa shape index (κ2) is 25.3. The van der Waals surface area contributed by atoms with E-state index < -0.39 is 23.4 Å². The number of pyridine rings is 1. The Morgan fingerprint density at radius 3 is 1.51 bits per heavy atom. The van der Waals surface area contributed by atoms with Crippen LogP contribution in [0.3, 0.4) is 0 Å². The van der Waals surface area contributed by atoms with Crippen molar-refractivity contribution in [2.75, 3.05) is 14.1 Å². The molecular formula is C54H40Br4F3N9O4. The lowest BCUT2D eigenvalue weighted by atomic mass is 10.0. The zero-order valence-corrected chi connectivity index (χ0v) is 45.1. The van der Waals surface area contributed by atoms with E-state index in [9.17, 15) is 27.6 Å². The fourth-order valence-electron chi connectivity index (χ4n) is 6.93. The highest BCUT2D eigenvalue weighted by molar-refractivity contribution is 9.11. The van der Waals surface area contributed by atoms with Crippen molar-refractivity contribution >= 4 is 103 Å². The molecule has 11 aromatic rings. The molecule has 5 aromatic carbocycles. The second-order valence-electron chi connectivity index (χ2n) is 15.8. The fraction of sp³-hybridized carbons (Fsp3) is 0.0370. The summed E-state index contributed by atoms with van der Waals surface area (Å²) in [5.41, 5.74) is 8.46. The van der Waals surface area contributed by atoms with Gasteiger partial charge >= 0.3 is 5.97 Å². The molecule has 0 aliphatic heterocycles. The van der Waals surface area contributed by atoms with E-state index >= 15 is 0 Å². The van der Waals surface area contributed by atoms with Gasteiger partial charge in [-0.3, -0.25) is 24.8 Å². The van der Waals surface area contributed by atoms with Crippen LogP contribution in [0, 0.1) is 17.5 Å². The average Bonchev–Trinajstić information content (AvgIpc) is 4.27. The summed E-state index contributed by atoms with van der Waals surface area (Å²) in [6.07, 6.45) is 9.08. The number of benzene rings is 5. The molecular weight excluding hydrogens is 1220 g/mol. The van der Waals surface area contributed by atoms with Gasteiger partial charge in [0.25, 0.3) is 5.91 Å². The van der Waals surface area contributed by atoms with Gasteiger partial charge in [-0.25, -0.2) is 18.0 Å². The molecule has 20 heteroatoms. The van der Waals surface area contributed by atoms with E-state index in [1.165, 1.54) is 41.3 Å². The lowest BCUT2D eigenvalue weighted by Gasteiger charge is -2.10. The molecule has 0 aliphatic rings. The van der Waals surface area contributed by atoms with Gasteiger partial charge in [-0.2, -0.15) is 10.2 Å². The number of carboxylic acids is 1. The number of aromatic carboxylic acids is 1. The Morgan fingerprint density at radius 2 is 1.01 bits per heavy atom. The number of ketones is 1. The van der Waals surface area contributed by atoms with Crippen molar-refractivity contribution in [1.29, 1.82) is 0 Å². The zero-order valence-electron chi connectivity index (χ0n) is 38.8. The van der Waals surface area contributed by atoms with Gasteiger partial charge in [0.2, 0.25) is 5.78 Å². The number of aromatic nitrogens is 8. The highest BCUT2D eigenvalue weighted by Gasteiger charge is 2.16. The highest BCUT2D eigenvalue weighted by Crippen LogP contribution is 2.30. The van der Waals surface area contributed by atoms with E-state index in [4.69, 9.17) is 5.11 Å². The molecule has 0 fully saturated rings. The summed E-state index contributed by atoms with van der Waals surface area (Å²) < 4.78 is 42.1. The molecule has 0 bridgehead atoms. The molecule has 6 N–H and O–H groups in total. The predicted molar refractivity (Wildman–Crippen MR) is 294 cm³/mol. The van der Waals surface area contributed by atoms with E-state index in [-0.39, 0.29) is 28.4 Å². The Hall–Kier alpha value is -7.65. The number of fused-ring (bicyclic) bond motifs is 2. The van der Waals surface area contributed by atoms with Crippen LogP contribution in [-0.2, 0) is 0 Å². The first-order valence-electron chi connectivity index (χ1n) is 21.9. The second-order valence-corrected chi connectivity index (χ2v) is 19.5. The van der Waals surface area contributed by atoms with Crippen LogP contribution in [-0.4, -0.2) is 82.1 Å². The highest BCUT2D eigenvalue weighted by atomic mass is 79.9. The molecule has 0 spiro atoms. The van der Waals surface area contributed by atoms with Crippen molar-refractivity contribution < 1.29 is 32.7 Å². The lowest BCUT2D eigenvalue weighted by Crippen LogP contribution is -2.22. The summed E-state index contributed by atoms with van der Waals surface area (Å²) in [7, 11) is 3.17. The van der Waals surface area contributed by atoms with Crippen LogP contribution in [0.5, 0.6) is 0 Å². The minimum atomic E-state index is -1.26. The van der Waals surface area contributed by atoms with Gasteiger partial charge in [0, 0.05) is 79.3 Å². The summed E-state index contributed by atoms with van der Waals surface area (Å²) in [5, 5.41) is 25.4. The summed E-state index contributed by atoms with van der Waals surface area (Å²) in [6.45, 7) is 0. The Balaban J connectivity index is 0.000000137. The maximum atomic E-state index is 13.4. The third kappa shape index (κ3) is 13.9. The smallest absolute Gasteiger partial charge is 0.338 e. The monoisotopic (exact) mass is 1250 g/mol. The van der Waals surface area contributed by atoms with Crippen LogP contribution in [0.2, 0.25) is 0 Å². The van der Waals surface area contributed by atoms with Crippen LogP contribution in [0.15, 0.2) is 188 Å². The first kappa shape index (κ1) is 54.1. The van der Waals surface area contributed by atoms with Gasteiger partial charge in [-0.05, 0) is 133 Å². The number of rotatable bonds is 7. The van der Waals surface area contributed by atoms with E-state index in [2.05, 4.69) is 134 Å². The Morgan fingerprint density at radius 1 is 0.527 bits per heavy atom. The lowest BCUT2D eigenvalue weighted by molar-refractivity contribution is 0.0691. The zero-order chi connectivity index (χ0) is 52.9. The third-order valence-electron chi connectivity index (χ3n) is 10.5. The Labute approximate surface area is 454 Å². The molecule has 0 aliphatic carbocycles. The van der Waals surface area contributed by atoms with E-state index in [1.54, 1.807) is 50.8 Å². The van der Waals surface area contributed by atoms with Gasteiger partial charge in [0.1, 0.15) is 28.8 Å². The number of carbonyl (C=O) groups excluding carboxylic acids is 2. The van der Waals surface area contributed by atoms with Crippen molar-refractivity contribution in [2.45, 2.75) is 0 Å². The minimum absolute atomic E-state index is 0.0619. The first-order chi connectivity index (χ1) is 35.6. The normalized spacial score (nSPS) is 10.4. The molecule has 1 amide bonds. The number of hydrogen-bond acceptors (Lipinski definition) is 6. The number of carbonyl (C=O) groups is 3. The molecule has 6 aromatic heterocycles. The molecule has 0 atom stereocenters. The summed E-state index contributed by atoms with van der Waals surface area (Å²) in [5.74, 6) is -3.68. The number of amides is 1. The molecule has 0 saturated heterocycles. The topological polar surface area (TPSA) is 192 Å². The molecule has 0 saturated carbocycles. The number of H-pyrrole nitrogens is 5. The quantitative estimate of drug-likeness (QED) is 0.0855. The average molecular weight is 1260 g/mol. The number of aromatic amines is 5. The van der Waals surface area contributed by atoms with Crippen LogP contribution in [0.4, 0.5) is 13.2 Å². The number of carboxylic acid groups (broad SMARTS) is 1. The third-order valence-corrected chi connectivity index (χ3v) is 12.5.